The Morgan fingerprint density at radius 2 is 1.95 bits per heavy atom. The van der Waals surface area contributed by atoms with Crippen molar-refractivity contribution in [2.45, 2.75) is 25.4 Å². The molecule has 19 heavy (non-hydrogen) atoms. The van der Waals surface area contributed by atoms with Crippen molar-refractivity contribution in [3.8, 4) is 0 Å². The molecule has 100 valence electrons. The van der Waals surface area contributed by atoms with E-state index in [9.17, 15) is 14.4 Å². The number of imide groups is 1. The van der Waals surface area contributed by atoms with Gasteiger partial charge in [0, 0.05) is 25.9 Å². The van der Waals surface area contributed by atoms with E-state index in [-0.39, 0.29) is 43.1 Å². The third kappa shape index (κ3) is 2.07. The van der Waals surface area contributed by atoms with E-state index in [2.05, 4.69) is 15.5 Å². The molecule has 0 saturated carbocycles. The molecule has 0 bridgehead atoms. The molecule has 0 spiro atoms. The van der Waals surface area contributed by atoms with Crippen molar-refractivity contribution < 1.29 is 14.4 Å². The second-order valence-electron chi connectivity index (χ2n) is 4.62. The summed E-state index contributed by atoms with van der Waals surface area (Å²) in [6, 6.07) is -0.166. The predicted octanol–water partition coefficient (Wildman–Crippen LogP) is -1.97. The summed E-state index contributed by atoms with van der Waals surface area (Å²) in [5.74, 6) is -0.396. The number of carbonyl (C=O) groups excluding carboxylic acids is 3. The van der Waals surface area contributed by atoms with E-state index in [4.69, 9.17) is 0 Å². The SMILES string of the molecule is O=C(Cn1cnnn1)N1CC(N2C(=O)CCC2=O)C1. The largest absolute Gasteiger partial charge is 0.337 e. The highest BCUT2D eigenvalue weighted by molar-refractivity contribution is 6.02. The maximum Gasteiger partial charge on any atom is 0.244 e. The lowest BCUT2D eigenvalue weighted by Crippen LogP contribution is -2.62. The number of likely N-dealkylation sites (tertiary alicyclic amines) is 2. The zero-order valence-corrected chi connectivity index (χ0v) is 10.1. The van der Waals surface area contributed by atoms with Gasteiger partial charge in [-0.3, -0.25) is 19.3 Å². The molecule has 9 nitrogen and oxygen atoms in total. The molecule has 9 heteroatoms. The Morgan fingerprint density at radius 3 is 2.53 bits per heavy atom. The second kappa shape index (κ2) is 4.41. The van der Waals surface area contributed by atoms with E-state index < -0.39 is 0 Å². The molecule has 0 atom stereocenters. The Bertz CT molecular complexity index is 505. The van der Waals surface area contributed by atoms with Crippen molar-refractivity contribution in [2.24, 2.45) is 0 Å². The molecule has 0 radical (unpaired) electrons. The fourth-order valence-electron chi connectivity index (χ4n) is 2.31. The van der Waals surface area contributed by atoms with Crippen LogP contribution >= 0.6 is 0 Å². The van der Waals surface area contributed by atoms with Crippen molar-refractivity contribution in [1.29, 1.82) is 0 Å². The van der Waals surface area contributed by atoms with Crippen LogP contribution in [0.4, 0.5) is 0 Å². The zero-order chi connectivity index (χ0) is 13.4. The van der Waals surface area contributed by atoms with Gasteiger partial charge in [-0.15, -0.1) is 5.10 Å². The van der Waals surface area contributed by atoms with Gasteiger partial charge in [0.15, 0.2) is 0 Å². The molecule has 0 aliphatic carbocycles. The Morgan fingerprint density at radius 1 is 1.26 bits per heavy atom. The zero-order valence-electron chi connectivity index (χ0n) is 10.1. The van der Waals surface area contributed by atoms with Gasteiger partial charge in [0.05, 0.1) is 6.04 Å². The molecule has 1 aromatic heterocycles. The minimum atomic E-state index is -0.166. The highest BCUT2D eigenvalue weighted by Gasteiger charge is 2.42. The Balaban J connectivity index is 1.54. The molecule has 0 unspecified atom stereocenters. The lowest BCUT2D eigenvalue weighted by molar-refractivity contribution is -0.152. The van der Waals surface area contributed by atoms with E-state index in [0.29, 0.717) is 13.1 Å². The standard InChI is InChI=1S/C10H12N6O3/c17-8-1-2-9(18)16(8)7-3-14(4-7)10(19)5-15-6-11-12-13-15/h6-7H,1-5H2. The fourth-order valence-corrected chi connectivity index (χ4v) is 2.31. The summed E-state index contributed by atoms with van der Waals surface area (Å²) in [7, 11) is 0. The first-order valence-electron chi connectivity index (χ1n) is 5.98. The van der Waals surface area contributed by atoms with Crippen LogP contribution in [-0.2, 0) is 20.9 Å². The summed E-state index contributed by atoms with van der Waals surface area (Å²) >= 11 is 0. The van der Waals surface area contributed by atoms with Crippen LogP contribution in [-0.4, -0.2) is 66.9 Å². The van der Waals surface area contributed by atoms with Crippen LogP contribution in [0.25, 0.3) is 0 Å². The lowest BCUT2D eigenvalue weighted by atomic mass is 10.1. The first kappa shape index (κ1) is 11.8. The third-order valence-electron chi connectivity index (χ3n) is 3.36. The van der Waals surface area contributed by atoms with E-state index >= 15 is 0 Å². The van der Waals surface area contributed by atoms with Gasteiger partial charge in [-0.2, -0.15) is 0 Å². The van der Waals surface area contributed by atoms with Gasteiger partial charge in [0.2, 0.25) is 17.7 Å². The van der Waals surface area contributed by atoms with Gasteiger partial charge in [0.25, 0.3) is 0 Å². The molecule has 3 amide bonds. The van der Waals surface area contributed by atoms with E-state index in [1.54, 1.807) is 4.90 Å². The average molecular weight is 264 g/mol. The third-order valence-corrected chi connectivity index (χ3v) is 3.36. The predicted molar refractivity (Wildman–Crippen MR) is 59.3 cm³/mol. The van der Waals surface area contributed by atoms with Crippen molar-refractivity contribution in [2.75, 3.05) is 13.1 Å². The first-order valence-corrected chi connectivity index (χ1v) is 5.98. The molecule has 2 saturated heterocycles. The van der Waals surface area contributed by atoms with Gasteiger partial charge in [-0.05, 0) is 10.4 Å². The van der Waals surface area contributed by atoms with Gasteiger partial charge >= 0.3 is 0 Å². The quantitative estimate of drug-likeness (QED) is 0.587. The van der Waals surface area contributed by atoms with E-state index in [0.717, 1.165) is 0 Å². The van der Waals surface area contributed by atoms with Gasteiger partial charge < -0.3 is 4.90 Å². The number of aromatic nitrogens is 4. The molecule has 2 aliphatic rings. The number of carbonyl (C=O) groups is 3. The summed E-state index contributed by atoms with van der Waals surface area (Å²) < 4.78 is 1.34. The molecule has 2 fully saturated rings. The summed E-state index contributed by atoms with van der Waals surface area (Å²) in [6.45, 7) is 0.874. The maximum absolute atomic E-state index is 11.8. The number of hydrogen-bond acceptors (Lipinski definition) is 6. The summed E-state index contributed by atoms with van der Waals surface area (Å²) in [5, 5.41) is 10.5. The summed E-state index contributed by atoms with van der Waals surface area (Å²) in [4.78, 5) is 37.8. The van der Waals surface area contributed by atoms with E-state index in [1.165, 1.54) is 15.9 Å². The minimum absolute atomic E-state index is 0.0710. The fraction of sp³-hybridized carbons (Fsp3) is 0.600. The van der Waals surface area contributed by atoms with Crippen LogP contribution in [0.2, 0.25) is 0 Å². The number of amides is 3. The van der Waals surface area contributed by atoms with Crippen LogP contribution < -0.4 is 0 Å². The molecule has 3 heterocycles. The van der Waals surface area contributed by atoms with Crippen LogP contribution in [0, 0.1) is 0 Å². The monoisotopic (exact) mass is 264 g/mol. The highest BCUT2D eigenvalue weighted by atomic mass is 16.2. The first-order chi connectivity index (χ1) is 9.15. The Hall–Kier alpha value is -2.32. The van der Waals surface area contributed by atoms with Crippen molar-refractivity contribution in [1.82, 2.24) is 30.0 Å². The number of tetrazole rings is 1. The molecular formula is C10H12N6O3. The number of hydrogen-bond donors (Lipinski definition) is 0. The van der Waals surface area contributed by atoms with E-state index in [1.807, 2.05) is 0 Å². The van der Waals surface area contributed by atoms with Crippen LogP contribution in [0.15, 0.2) is 6.33 Å². The normalized spacial score (nSPS) is 20.0. The molecule has 0 N–H and O–H groups in total. The Labute approximate surface area is 108 Å². The van der Waals surface area contributed by atoms with Gasteiger partial charge in [-0.1, -0.05) is 0 Å². The molecule has 1 aromatic rings. The minimum Gasteiger partial charge on any atom is -0.337 e. The van der Waals surface area contributed by atoms with Crippen molar-refractivity contribution in [3.63, 3.8) is 0 Å². The van der Waals surface area contributed by atoms with Crippen molar-refractivity contribution >= 4 is 17.7 Å². The summed E-state index contributed by atoms with van der Waals surface area (Å²) in [6.07, 6.45) is 1.94. The molecule has 3 rings (SSSR count). The molecular weight excluding hydrogens is 252 g/mol. The summed E-state index contributed by atoms with van der Waals surface area (Å²) in [5.41, 5.74) is 0. The molecule has 2 aliphatic heterocycles. The smallest absolute Gasteiger partial charge is 0.244 e. The number of nitrogens with zero attached hydrogens (tertiary/aromatic N) is 6. The Kier molecular flexibility index (Phi) is 2.73. The van der Waals surface area contributed by atoms with Crippen LogP contribution in [0.5, 0.6) is 0 Å². The second-order valence-corrected chi connectivity index (χ2v) is 4.62. The lowest BCUT2D eigenvalue weighted by Gasteiger charge is -2.42. The van der Waals surface area contributed by atoms with Crippen LogP contribution in [0.3, 0.4) is 0 Å². The topological polar surface area (TPSA) is 101 Å². The molecule has 0 aromatic carbocycles. The number of rotatable bonds is 3. The highest BCUT2D eigenvalue weighted by Crippen LogP contribution is 2.22. The van der Waals surface area contributed by atoms with Crippen LogP contribution in [0.1, 0.15) is 12.8 Å². The van der Waals surface area contributed by atoms with Gasteiger partial charge in [-0.25, -0.2) is 4.68 Å². The van der Waals surface area contributed by atoms with Crippen molar-refractivity contribution in [3.05, 3.63) is 6.33 Å². The van der Waals surface area contributed by atoms with Gasteiger partial charge in [0.1, 0.15) is 12.9 Å². The average Bonchev–Trinajstić information content (AvgIpc) is 2.91. The maximum atomic E-state index is 11.8.